The van der Waals surface area contributed by atoms with Crippen LogP contribution < -0.4 is 29.2 Å². The largest absolute Gasteiger partial charge is 0.490 e. The van der Waals surface area contributed by atoms with Crippen molar-refractivity contribution >= 4 is 23.2 Å². The number of anilines is 2. The molecule has 0 spiro atoms. The van der Waals surface area contributed by atoms with E-state index in [1.165, 1.54) is 0 Å². The molecule has 0 fully saturated rings. The van der Waals surface area contributed by atoms with E-state index in [0.29, 0.717) is 59.8 Å². The van der Waals surface area contributed by atoms with Gasteiger partial charge in [-0.2, -0.15) is 0 Å². The van der Waals surface area contributed by atoms with Gasteiger partial charge in [0.05, 0.1) is 25.5 Å². The van der Waals surface area contributed by atoms with E-state index in [1.54, 1.807) is 35.2 Å². The summed E-state index contributed by atoms with van der Waals surface area (Å²) in [6, 6.07) is 8.47. The van der Waals surface area contributed by atoms with Crippen molar-refractivity contribution in [1.29, 1.82) is 0 Å². The lowest BCUT2D eigenvalue weighted by atomic mass is 10.1. The fourth-order valence-electron chi connectivity index (χ4n) is 3.54. The first kappa shape index (κ1) is 23.2. The van der Waals surface area contributed by atoms with Crippen LogP contribution in [0.2, 0.25) is 0 Å². The van der Waals surface area contributed by atoms with Crippen LogP contribution >= 0.6 is 0 Å². The molecule has 2 amide bonds. The second kappa shape index (κ2) is 10.3. The van der Waals surface area contributed by atoms with Gasteiger partial charge in [0.15, 0.2) is 18.1 Å². The monoisotopic (exact) mass is 442 g/mol. The Kier molecular flexibility index (Phi) is 7.45. The van der Waals surface area contributed by atoms with Gasteiger partial charge < -0.3 is 29.2 Å². The Labute approximate surface area is 188 Å². The number of rotatable bonds is 9. The molecule has 0 saturated heterocycles. The van der Waals surface area contributed by atoms with Crippen molar-refractivity contribution in [3.05, 3.63) is 35.9 Å². The molecule has 0 aliphatic carbocycles. The van der Waals surface area contributed by atoms with Gasteiger partial charge in [-0.15, -0.1) is 0 Å². The second-order valence-corrected chi connectivity index (χ2v) is 7.38. The molecule has 0 bridgehead atoms. The zero-order chi connectivity index (χ0) is 23.3. The number of nitrogens with one attached hydrogen (secondary N) is 1. The first-order valence-electron chi connectivity index (χ1n) is 10.9. The molecule has 0 unspecified atom stereocenters. The molecule has 8 heteroatoms. The highest BCUT2D eigenvalue weighted by molar-refractivity contribution is 6.06. The van der Waals surface area contributed by atoms with Crippen LogP contribution in [0.4, 0.5) is 11.4 Å². The molecular weight excluding hydrogens is 412 g/mol. The van der Waals surface area contributed by atoms with Crippen molar-refractivity contribution < 1.29 is 28.5 Å². The van der Waals surface area contributed by atoms with Crippen molar-refractivity contribution in [3.8, 4) is 23.0 Å². The topological polar surface area (TPSA) is 86.3 Å². The zero-order valence-corrected chi connectivity index (χ0v) is 19.2. The molecule has 1 N–H and O–H groups in total. The van der Waals surface area contributed by atoms with Crippen LogP contribution in [-0.4, -0.2) is 44.3 Å². The predicted octanol–water partition coefficient (Wildman–Crippen LogP) is 4.27. The van der Waals surface area contributed by atoms with Crippen LogP contribution in [-0.2, 0) is 4.79 Å². The van der Waals surface area contributed by atoms with Gasteiger partial charge in [-0.05, 0) is 65.0 Å². The third-order valence-corrected chi connectivity index (χ3v) is 4.78. The summed E-state index contributed by atoms with van der Waals surface area (Å²) in [5, 5.41) is 2.89. The maximum absolute atomic E-state index is 13.1. The molecule has 0 saturated carbocycles. The van der Waals surface area contributed by atoms with E-state index >= 15 is 0 Å². The van der Waals surface area contributed by atoms with Gasteiger partial charge in [-0.1, -0.05) is 0 Å². The third kappa shape index (κ3) is 4.90. The first-order valence-corrected chi connectivity index (χ1v) is 10.9. The molecule has 1 aliphatic heterocycles. The number of hydrogen-bond donors (Lipinski definition) is 1. The zero-order valence-electron chi connectivity index (χ0n) is 19.2. The van der Waals surface area contributed by atoms with Crippen LogP contribution in [0.5, 0.6) is 23.0 Å². The molecule has 172 valence electrons. The average Bonchev–Trinajstić information content (AvgIpc) is 2.75. The Morgan fingerprint density at radius 3 is 2.22 bits per heavy atom. The van der Waals surface area contributed by atoms with Crippen LogP contribution in [0.15, 0.2) is 30.3 Å². The standard InChI is InChI=1S/C24H30N2O6/c1-6-29-20-11-16(12-21(30-7-2)23(20)31-8-3)24(28)25-17-9-10-19-18(13-17)26(15(4)5)22(27)14-32-19/h9-13,15H,6-8,14H2,1-5H3,(H,25,28). The molecule has 1 heterocycles. The summed E-state index contributed by atoms with van der Waals surface area (Å²) in [5.74, 6) is 1.51. The van der Waals surface area contributed by atoms with E-state index < -0.39 is 0 Å². The highest BCUT2D eigenvalue weighted by Crippen LogP contribution is 2.40. The van der Waals surface area contributed by atoms with Crippen LogP contribution in [0.25, 0.3) is 0 Å². The molecule has 2 aromatic carbocycles. The summed E-state index contributed by atoms with van der Waals surface area (Å²) < 4.78 is 22.6. The van der Waals surface area contributed by atoms with E-state index in [-0.39, 0.29) is 24.5 Å². The van der Waals surface area contributed by atoms with Gasteiger partial charge in [0.1, 0.15) is 5.75 Å². The first-order chi connectivity index (χ1) is 15.4. The fourth-order valence-corrected chi connectivity index (χ4v) is 3.54. The van der Waals surface area contributed by atoms with Crippen molar-refractivity contribution in [1.82, 2.24) is 0 Å². The summed E-state index contributed by atoms with van der Waals surface area (Å²) in [6.07, 6.45) is 0. The fraction of sp³-hybridized carbons (Fsp3) is 0.417. The molecule has 0 aromatic heterocycles. The number of nitrogens with zero attached hydrogens (tertiary/aromatic N) is 1. The SMILES string of the molecule is CCOc1cc(C(=O)Nc2ccc3c(c2)N(C(C)C)C(=O)CO3)cc(OCC)c1OCC. The van der Waals surface area contributed by atoms with Crippen LogP contribution in [0.3, 0.4) is 0 Å². The number of carbonyl (C=O) groups is 2. The van der Waals surface area contributed by atoms with Gasteiger partial charge in [-0.3, -0.25) is 9.59 Å². The normalized spacial score (nSPS) is 12.8. The van der Waals surface area contributed by atoms with E-state index in [1.807, 2.05) is 34.6 Å². The Bertz CT molecular complexity index is 961. The Hall–Kier alpha value is -3.42. The maximum Gasteiger partial charge on any atom is 0.265 e. The molecule has 32 heavy (non-hydrogen) atoms. The van der Waals surface area contributed by atoms with Gasteiger partial charge in [0.25, 0.3) is 11.8 Å². The Balaban J connectivity index is 1.92. The number of fused-ring (bicyclic) bond motifs is 1. The lowest BCUT2D eigenvalue weighted by Crippen LogP contribution is -2.43. The number of amides is 2. The molecule has 8 nitrogen and oxygen atoms in total. The minimum absolute atomic E-state index is 0.00345. The van der Waals surface area contributed by atoms with E-state index in [9.17, 15) is 9.59 Å². The minimum atomic E-state index is -0.339. The second-order valence-electron chi connectivity index (χ2n) is 7.38. The Morgan fingerprint density at radius 1 is 1.03 bits per heavy atom. The van der Waals surface area contributed by atoms with Crippen LogP contribution in [0, 0.1) is 0 Å². The molecule has 0 radical (unpaired) electrons. The number of carbonyl (C=O) groups excluding carboxylic acids is 2. The van der Waals surface area contributed by atoms with Gasteiger partial charge in [0.2, 0.25) is 5.75 Å². The van der Waals surface area contributed by atoms with E-state index in [4.69, 9.17) is 18.9 Å². The lowest BCUT2D eigenvalue weighted by Gasteiger charge is -2.32. The summed E-state index contributed by atoms with van der Waals surface area (Å²) >= 11 is 0. The number of benzene rings is 2. The maximum atomic E-state index is 13.1. The van der Waals surface area contributed by atoms with Crippen molar-refractivity contribution in [3.63, 3.8) is 0 Å². The highest BCUT2D eigenvalue weighted by atomic mass is 16.5. The lowest BCUT2D eigenvalue weighted by molar-refractivity contribution is -0.121. The van der Waals surface area contributed by atoms with Crippen molar-refractivity contribution in [2.45, 2.75) is 40.7 Å². The van der Waals surface area contributed by atoms with Gasteiger partial charge in [0, 0.05) is 17.3 Å². The number of ether oxygens (including phenoxy) is 4. The smallest absolute Gasteiger partial charge is 0.265 e. The summed E-state index contributed by atoms with van der Waals surface area (Å²) in [6.45, 7) is 10.7. The van der Waals surface area contributed by atoms with Gasteiger partial charge >= 0.3 is 0 Å². The summed E-state index contributed by atoms with van der Waals surface area (Å²) in [4.78, 5) is 27.1. The minimum Gasteiger partial charge on any atom is -0.490 e. The van der Waals surface area contributed by atoms with Crippen LogP contribution in [0.1, 0.15) is 45.0 Å². The number of hydrogen-bond acceptors (Lipinski definition) is 6. The van der Waals surface area contributed by atoms with Crippen molar-refractivity contribution in [2.24, 2.45) is 0 Å². The molecular formula is C24H30N2O6. The van der Waals surface area contributed by atoms with E-state index in [0.717, 1.165) is 0 Å². The Morgan fingerprint density at radius 2 is 1.66 bits per heavy atom. The quantitative estimate of drug-likeness (QED) is 0.624. The molecule has 1 aliphatic rings. The van der Waals surface area contributed by atoms with Crippen molar-refractivity contribution in [2.75, 3.05) is 36.6 Å². The predicted molar refractivity (Wildman–Crippen MR) is 122 cm³/mol. The summed E-state index contributed by atoms with van der Waals surface area (Å²) in [7, 11) is 0. The third-order valence-electron chi connectivity index (χ3n) is 4.78. The van der Waals surface area contributed by atoms with E-state index in [2.05, 4.69) is 5.32 Å². The molecule has 0 atom stereocenters. The van der Waals surface area contributed by atoms with Gasteiger partial charge in [-0.25, -0.2) is 0 Å². The molecule has 3 rings (SSSR count). The highest BCUT2D eigenvalue weighted by Gasteiger charge is 2.28. The summed E-state index contributed by atoms with van der Waals surface area (Å²) in [5.41, 5.74) is 1.54. The average molecular weight is 443 g/mol. The molecule has 2 aromatic rings.